The number of aliphatic hydroxyl groups excluding tert-OH is 1. The van der Waals surface area contributed by atoms with Crippen molar-refractivity contribution in [3.05, 3.63) is 35.5 Å². The molecule has 0 saturated carbocycles. The Morgan fingerprint density at radius 2 is 2.00 bits per heavy atom. The van der Waals surface area contributed by atoms with Gasteiger partial charge in [0.2, 0.25) is 0 Å². The van der Waals surface area contributed by atoms with Crippen LogP contribution in [-0.2, 0) is 5.41 Å². The second kappa shape index (κ2) is 2.74. The molecule has 0 bridgehead atoms. The molecule has 1 atom stereocenters. The Morgan fingerprint density at radius 3 is 2.75 bits per heavy atom. The Bertz CT molecular complexity index is 595. The highest BCUT2D eigenvalue weighted by molar-refractivity contribution is 6.14. The van der Waals surface area contributed by atoms with E-state index in [1.807, 2.05) is 38.1 Å². The van der Waals surface area contributed by atoms with Crippen LogP contribution in [0.4, 0.5) is 0 Å². The number of rotatable bonds is 0. The van der Waals surface area contributed by atoms with E-state index in [1.54, 1.807) is 0 Å². The first-order valence-electron chi connectivity index (χ1n) is 5.37. The van der Waals surface area contributed by atoms with Gasteiger partial charge in [0.1, 0.15) is 6.10 Å². The molecule has 0 aliphatic heterocycles. The molecule has 0 unspecified atom stereocenters. The fraction of sp³-hybridized carbons (Fsp3) is 0.308. The summed E-state index contributed by atoms with van der Waals surface area (Å²) < 4.78 is 0. The first-order chi connectivity index (χ1) is 7.53. The van der Waals surface area contributed by atoms with Crippen LogP contribution in [0.25, 0.3) is 10.9 Å². The van der Waals surface area contributed by atoms with Gasteiger partial charge in [-0.15, -0.1) is 0 Å². The number of benzene rings is 1. The third kappa shape index (κ3) is 0.938. The monoisotopic (exact) mass is 215 g/mol. The quantitative estimate of drug-likeness (QED) is 0.706. The molecule has 82 valence electrons. The summed E-state index contributed by atoms with van der Waals surface area (Å²) in [4.78, 5) is 15.3. The summed E-state index contributed by atoms with van der Waals surface area (Å²) in [5.74, 6) is -0.169. The van der Waals surface area contributed by atoms with Crippen molar-refractivity contribution in [2.24, 2.45) is 0 Å². The summed E-state index contributed by atoms with van der Waals surface area (Å²) in [7, 11) is 0. The summed E-state index contributed by atoms with van der Waals surface area (Å²) in [5.41, 5.74) is 1.95. The van der Waals surface area contributed by atoms with Crippen molar-refractivity contribution in [3.8, 4) is 0 Å². The Morgan fingerprint density at radius 1 is 1.31 bits per heavy atom. The second-order valence-electron chi connectivity index (χ2n) is 4.91. The van der Waals surface area contributed by atoms with Gasteiger partial charge in [-0.2, -0.15) is 0 Å². The molecule has 1 aromatic carbocycles. The molecular weight excluding hydrogens is 202 g/mol. The maximum absolute atomic E-state index is 12.0. The number of Topliss-reactive ketones (excluding diaryl/α,β-unsaturated/α-hetero) is 1. The van der Waals surface area contributed by atoms with Crippen LogP contribution in [0.5, 0.6) is 0 Å². The molecule has 1 aromatic heterocycles. The number of hydrogen-bond donors (Lipinski definition) is 2. The Hall–Kier alpha value is -1.61. The van der Waals surface area contributed by atoms with E-state index in [0.29, 0.717) is 5.56 Å². The van der Waals surface area contributed by atoms with E-state index in [9.17, 15) is 9.90 Å². The lowest BCUT2D eigenvalue weighted by molar-refractivity contribution is 0.0640. The number of carbonyl (C=O) groups excluding carboxylic acids is 1. The lowest BCUT2D eigenvalue weighted by atomic mass is 9.88. The predicted octanol–water partition coefficient (Wildman–Crippen LogP) is 2.00. The molecule has 3 heteroatoms. The molecule has 3 nitrogen and oxygen atoms in total. The number of aliphatic hydroxyl groups is 1. The normalized spacial score (nSPS) is 22.7. The Balaban J connectivity index is 2.42. The zero-order valence-corrected chi connectivity index (χ0v) is 9.24. The topological polar surface area (TPSA) is 53.1 Å². The molecule has 1 aliphatic carbocycles. The largest absolute Gasteiger partial charge is 0.384 e. The molecule has 1 aliphatic rings. The number of hydrogen-bond acceptors (Lipinski definition) is 2. The van der Waals surface area contributed by atoms with Crippen LogP contribution in [-0.4, -0.2) is 22.0 Å². The van der Waals surface area contributed by atoms with Gasteiger partial charge in [-0.3, -0.25) is 4.79 Å². The SMILES string of the molecule is CC1(C)c2[nH]c3ccccc3c2C(=O)[C@@H]1O. The van der Waals surface area contributed by atoms with Crippen LogP contribution in [0.2, 0.25) is 0 Å². The van der Waals surface area contributed by atoms with Gasteiger partial charge in [-0.05, 0) is 6.07 Å². The number of aromatic nitrogens is 1. The molecule has 3 rings (SSSR count). The van der Waals surface area contributed by atoms with E-state index in [2.05, 4.69) is 4.98 Å². The van der Waals surface area contributed by atoms with E-state index in [4.69, 9.17) is 0 Å². The number of aromatic amines is 1. The maximum atomic E-state index is 12.0. The van der Waals surface area contributed by atoms with Gasteiger partial charge in [-0.25, -0.2) is 0 Å². The standard InChI is InChI=1S/C13H13NO2/c1-13(2)11-9(10(15)12(13)16)7-5-3-4-6-8(7)14-11/h3-6,12,14,16H,1-2H3/t12-/m0/s1. The van der Waals surface area contributed by atoms with E-state index in [-0.39, 0.29) is 5.78 Å². The van der Waals surface area contributed by atoms with Gasteiger partial charge in [0.15, 0.2) is 5.78 Å². The van der Waals surface area contributed by atoms with Crippen molar-refractivity contribution < 1.29 is 9.90 Å². The molecular formula is C13H13NO2. The Kier molecular flexibility index (Phi) is 1.64. The lowest BCUT2D eigenvalue weighted by Gasteiger charge is -2.21. The highest BCUT2D eigenvalue weighted by Crippen LogP contribution is 2.41. The minimum atomic E-state index is -0.932. The zero-order valence-electron chi connectivity index (χ0n) is 9.24. The average molecular weight is 215 g/mol. The van der Waals surface area contributed by atoms with Crippen LogP contribution < -0.4 is 0 Å². The average Bonchev–Trinajstić information content (AvgIpc) is 2.72. The number of carbonyl (C=O) groups is 1. The van der Waals surface area contributed by atoms with E-state index in [1.165, 1.54) is 0 Å². The van der Waals surface area contributed by atoms with Crippen molar-refractivity contribution >= 4 is 16.7 Å². The molecule has 0 saturated heterocycles. The van der Waals surface area contributed by atoms with Crippen LogP contribution in [0.1, 0.15) is 29.9 Å². The zero-order chi connectivity index (χ0) is 11.5. The fourth-order valence-electron chi connectivity index (χ4n) is 2.48. The van der Waals surface area contributed by atoms with Gasteiger partial charge >= 0.3 is 0 Å². The van der Waals surface area contributed by atoms with Gasteiger partial charge in [0, 0.05) is 27.6 Å². The molecule has 16 heavy (non-hydrogen) atoms. The van der Waals surface area contributed by atoms with Crippen molar-refractivity contribution in [3.63, 3.8) is 0 Å². The van der Waals surface area contributed by atoms with Crippen LogP contribution in [0.3, 0.4) is 0 Å². The maximum Gasteiger partial charge on any atom is 0.194 e. The van der Waals surface area contributed by atoms with E-state index < -0.39 is 11.5 Å². The van der Waals surface area contributed by atoms with Gasteiger partial charge in [-0.1, -0.05) is 32.0 Å². The highest BCUT2D eigenvalue weighted by atomic mass is 16.3. The number of H-pyrrole nitrogens is 1. The fourth-order valence-corrected chi connectivity index (χ4v) is 2.48. The molecule has 1 heterocycles. The summed E-state index contributed by atoms with van der Waals surface area (Å²) in [6.07, 6.45) is -0.932. The molecule has 0 amide bonds. The third-order valence-electron chi connectivity index (χ3n) is 3.53. The minimum absolute atomic E-state index is 0.169. The Labute approximate surface area is 93.1 Å². The molecule has 2 N–H and O–H groups in total. The van der Waals surface area contributed by atoms with Crippen LogP contribution in [0, 0.1) is 0 Å². The second-order valence-corrected chi connectivity index (χ2v) is 4.91. The third-order valence-corrected chi connectivity index (χ3v) is 3.53. The van der Waals surface area contributed by atoms with Gasteiger partial charge < -0.3 is 10.1 Å². The number of ketones is 1. The predicted molar refractivity (Wildman–Crippen MR) is 61.7 cm³/mol. The lowest BCUT2D eigenvalue weighted by Crippen LogP contribution is -2.33. The van der Waals surface area contributed by atoms with Crippen molar-refractivity contribution in [2.75, 3.05) is 0 Å². The van der Waals surface area contributed by atoms with Crippen LogP contribution in [0.15, 0.2) is 24.3 Å². The van der Waals surface area contributed by atoms with Crippen molar-refractivity contribution in [1.29, 1.82) is 0 Å². The van der Waals surface area contributed by atoms with Crippen LogP contribution >= 0.6 is 0 Å². The first kappa shape index (κ1) is 9.60. The molecule has 0 spiro atoms. The minimum Gasteiger partial charge on any atom is -0.384 e. The van der Waals surface area contributed by atoms with Crippen molar-refractivity contribution in [2.45, 2.75) is 25.4 Å². The van der Waals surface area contributed by atoms with E-state index >= 15 is 0 Å². The number of fused-ring (bicyclic) bond motifs is 3. The van der Waals surface area contributed by atoms with Crippen molar-refractivity contribution in [1.82, 2.24) is 4.98 Å². The first-order valence-corrected chi connectivity index (χ1v) is 5.37. The van der Waals surface area contributed by atoms with Gasteiger partial charge in [0.25, 0.3) is 0 Å². The number of para-hydroxylation sites is 1. The number of nitrogens with one attached hydrogen (secondary N) is 1. The summed E-state index contributed by atoms with van der Waals surface area (Å²) in [6.45, 7) is 3.77. The molecule has 0 fully saturated rings. The molecule has 0 radical (unpaired) electrons. The summed E-state index contributed by atoms with van der Waals surface area (Å²) >= 11 is 0. The molecule has 2 aromatic rings. The smallest absolute Gasteiger partial charge is 0.194 e. The van der Waals surface area contributed by atoms with Gasteiger partial charge in [0.05, 0.1) is 0 Å². The highest BCUT2D eigenvalue weighted by Gasteiger charge is 2.47. The summed E-state index contributed by atoms with van der Waals surface area (Å²) in [5, 5.41) is 10.8. The van der Waals surface area contributed by atoms with E-state index in [0.717, 1.165) is 16.6 Å². The summed E-state index contributed by atoms with van der Waals surface area (Å²) in [6, 6.07) is 7.70.